The van der Waals surface area contributed by atoms with E-state index in [2.05, 4.69) is 36.4 Å². The lowest BCUT2D eigenvalue weighted by molar-refractivity contribution is 0.284. The second kappa shape index (κ2) is 9.32. The number of halogens is 1. The largest absolute Gasteiger partial charge is 0.493 e. The maximum atomic E-state index is 5.89. The number of hydrogen-bond donors (Lipinski definition) is 1. The quantitative estimate of drug-likeness (QED) is 0.418. The number of rotatable bonds is 7. The Morgan fingerprint density at radius 3 is 2.39 bits per heavy atom. The summed E-state index contributed by atoms with van der Waals surface area (Å²) in [7, 11) is 1.62. The highest BCUT2D eigenvalue weighted by molar-refractivity contribution is 9.10. The Hall–Kier alpha value is -2.93. The Labute approximate surface area is 172 Å². The summed E-state index contributed by atoms with van der Waals surface area (Å²) in [5.41, 5.74) is 6.57. The summed E-state index contributed by atoms with van der Waals surface area (Å²) in [6.45, 7) is 4.30. The lowest BCUT2D eigenvalue weighted by Crippen LogP contribution is -2.00. The van der Waals surface area contributed by atoms with E-state index >= 15 is 0 Å². The average Bonchev–Trinajstić information content (AvgIpc) is 2.67. The van der Waals surface area contributed by atoms with Crippen molar-refractivity contribution in [2.45, 2.75) is 20.5 Å². The first-order valence-corrected chi connectivity index (χ1v) is 9.49. The van der Waals surface area contributed by atoms with E-state index < -0.39 is 0 Å². The Balaban J connectivity index is 1.65. The van der Waals surface area contributed by atoms with Gasteiger partial charge in [-0.3, -0.25) is 0 Å². The zero-order valence-electron chi connectivity index (χ0n) is 15.9. The molecule has 144 valence electrons. The van der Waals surface area contributed by atoms with Gasteiger partial charge in [0.05, 0.1) is 13.3 Å². The van der Waals surface area contributed by atoms with Crippen molar-refractivity contribution in [3.8, 4) is 11.5 Å². The van der Waals surface area contributed by atoms with Gasteiger partial charge in [-0.05, 0) is 61.4 Å². The number of hydrogen-bond acceptors (Lipinski definition) is 6. The molecule has 1 N–H and O–H groups in total. The van der Waals surface area contributed by atoms with Crippen molar-refractivity contribution in [2.24, 2.45) is 5.10 Å². The summed E-state index contributed by atoms with van der Waals surface area (Å²) in [5, 5.41) is 4.20. The van der Waals surface area contributed by atoms with E-state index in [4.69, 9.17) is 9.47 Å². The molecule has 1 heterocycles. The molecule has 7 heteroatoms. The van der Waals surface area contributed by atoms with Crippen LogP contribution in [0.25, 0.3) is 0 Å². The van der Waals surface area contributed by atoms with Gasteiger partial charge in [0.25, 0.3) is 0 Å². The number of nitrogens with zero attached hydrogens (tertiary/aromatic N) is 3. The van der Waals surface area contributed by atoms with E-state index in [9.17, 15) is 0 Å². The van der Waals surface area contributed by atoms with E-state index in [1.165, 1.54) is 0 Å². The van der Waals surface area contributed by atoms with Crippen molar-refractivity contribution in [3.63, 3.8) is 0 Å². The zero-order chi connectivity index (χ0) is 19.9. The number of ether oxygens (including phenoxy) is 2. The SMILES string of the molecule is COc1cc(C=NNc2nc(C)cc(C)n2)ccc1OCc1ccc(Br)cc1. The van der Waals surface area contributed by atoms with Crippen LogP contribution in [0, 0.1) is 13.8 Å². The van der Waals surface area contributed by atoms with Crippen molar-refractivity contribution in [1.82, 2.24) is 9.97 Å². The molecule has 3 aromatic rings. The second-order valence-electron chi connectivity index (χ2n) is 6.17. The molecule has 2 aromatic carbocycles. The lowest BCUT2D eigenvalue weighted by atomic mass is 10.2. The number of anilines is 1. The van der Waals surface area contributed by atoms with Gasteiger partial charge in [0.15, 0.2) is 11.5 Å². The molecule has 0 unspecified atom stereocenters. The van der Waals surface area contributed by atoms with E-state index in [1.807, 2.05) is 62.4 Å². The van der Waals surface area contributed by atoms with Crippen molar-refractivity contribution in [1.29, 1.82) is 0 Å². The first-order valence-electron chi connectivity index (χ1n) is 8.70. The number of aromatic nitrogens is 2. The van der Waals surface area contributed by atoms with Gasteiger partial charge in [0.2, 0.25) is 5.95 Å². The molecule has 0 aliphatic rings. The normalized spacial score (nSPS) is 10.9. The van der Waals surface area contributed by atoms with E-state index in [0.717, 1.165) is 27.0 Å². The molecule has 0 saturated heterocycles. The number of hydrazone groups is 1. The Kier molecular flexibility index (Phi) is 6.60. The third-order valence-corrected chi connectivity index (χ3v) is 4.38. The predicted octanol–water partition coefficient (Wildman–Crippen LogP) is 4.89. The van der Waals surface area contributed by atoms with Crippen LogP contribution in [0.5, 0.6) is 11.5 Å². The first kappa shape index (κ1) is 19.8. The van der Waals surface area contributed by atoms with Crippen LogP contribution in [0.2, 0.25) is 0 Å². The molecule has 0 radical (unpaired) electrons. The minimum atomic E-state index is 0.461. The van der Waals surface area contributed by atoms with Gasteiger partial charge >= 0.3 is 0 Å². The number of nitrogens with one attached hydrogen (secondary N) is 1. The molecule has 0 amide bonds. The fraction of sp³-hybridized carbons (Fsp3) is 0.190. The van der Waals surface area contributed by atoms with E-state index in [-0.39, 0.29) is 0 Å². The molecular formula is C21H21BrN4O2. The Morgan fingerprint density at radius 1 is 1.00 bits per heavy atom. The summed E-state index contributed by atoms with van der Waals surface area (Å²) in [5.74, 6) is 1.78. The second-order valence-corrected chi connectivity index (χ2v) is 7.09. The lowest BCUT2D eigenvalue weighted by Gasteiger charge is -2.11. The van der Waals surface area contributed by atoms with E-state index in [1.54, 1.807) is 13.3 Å². The standard InChI is InChI=1S/C21H21BrN4O2/c1-14-10-15(2)25-21(24-14)26-23-12-17-6-9-19(20(11-17)27-3)28-13-16-4-7-18(22)8-5-16/h4-12H,13H2,1-3H3,(H,24,25,26). The highest BCUT2D eigenvalue weighted by Crippen LogP contribution is 2.28. The molecule has 28 heavy (non-hydrogen) atoms. The van der Waals surface area contributed by atoms with Crippen molar-refractivity contribution < 1.29 is 9.47 Å². The molecule has 0 saturated carbocycles. The van der Waals surface area contributed by atoms with E-state index in [0.29, 0.717) is 24.1 Å². The van der Waals surface area contributed by atoms with Gasteiger partial charge < -0.3 is 9.47 Å². The zero-order valence-corrected chi connectivity index (χ0v) is 17.5. The van der Waals surface area contributed by atoms with Crippen molar-refractivity contribution in [3.05, 3.63) is 75.5 Å². The molecule has 0 atom stereocenters. The summed E-state index contributed by atoms with van der Waals surface area (Å²) >= 11 is 3.43. The van der Waals surface area contributed by atoms with Crippen LogP contribution in [0.4, 0.5) is 5.95 Å². The Morgan fingerprint density at radius 2 is 1.71 bits per heavy atom. The third kappa shape index (κ3) is 5.53. The number of methoxy groups -OCH3 is 1. The van der Waals surface area contributed by atoms with Crippen LogP contribution in [0.3, 0.4) is 0 Å². The van der Waals surface area contributed by atoms with Crippen LogP contribution < -0.4 is 14.9 Å². The molecule has 0 aliphatic heterocycles. The fourth-order valence-corrected chi connectivity index (χ4v) is 2.83. The van der Waals surface area contributed by atoms with Crippen LogP contribution in [-0.2, 0) is 6.61 Å². The highest BCUT2D eigenvalue weighted by atomic mass is 79.9. The molecule has 0 spiro atoms. The number of aryl methyl sites for hydroxylation is 2. The summed E-state index contributed by atoms with van der Waals surface area (Å²) in [6.07, 6.45) is 1.68. The average molecular weight is 441 g/mol. The minimum Gasteiger partial charge on any atom is -0.493 e. The van der Waals surface area contributed by atoms with Crippen LogP contribution in [-0.4, -0.2) is 23.3 Å². The van der Waals surface area contributed by atoms with Crippen LogP contribution in [0.15, 0.2) is 58.1 Å². The maximum Gasteiger partial charge on any atom is 0.243 e. The highest BCUT2D eigenvalue weighted by Gasteiger charge is 2.06. The van der Waals surface area contributed by atoms with Gasteiger partial charge in [-0.25, -0.2) is 15.4 Å². The maximum absolute atomic E-state index is 5.89. The van der Waals surface area contributed by atoms with Crippen LogP contribution >= 0.6 is 15.9 Å². The van der Waals surface area contributed by atoms with Crippen LogP contribution in [0.1, 0.15) is 22.5 Å². The fourth-order valence-electron chi connectivity index (χ4n) is 2.57. The number of benzene rings is 2. The van der Waals surface area contributed by atoms with Gasteiger partial charge in [0, 0.05) is 15.9 Å². The summed E-state index contributed by atoms with van der Waals surface area (Å²) < 4.78 is 12.4. The smallest absolute Gasteiger partial charge is 0.243 e. The third-order valence-electron chi connectivity index (χ3n) is 3.86. The van der Waals surface area contributed by atoms with Gasteiger partial charge in [-0.2, -0.15) is 5.10 Å². The molecule has 6 nitrogen and oxygen atoms in total. The first-order chi connectivity index (χ1) is 13.5. The summed E-state index contributed by atoms with van der Waals surface area (Å²) in [4.78, 5) is 8.58. The van der Waals surface area contributed by atoms with Gasteiger partial charge in [-0.15, -0.1) is 0 Å². The molecule has 3 rings (SSSR count). The van der Waals surface area contributed by atoms with Crippen molar-refractivity contribution >= 4 is 28.1 Å². The van der Waals surface area contributed by atoms with Gasteiger partial charge in [-0.1, -0.05) is 28.1 Å². The Bertz CT molecular complexity index is 954. The topological polar surface area (TPSA) is 68.6 Å². The minimum absolute atomic E-state index is 0.461. The van der Waals surface area contributed by atoms with Crippen molar-refractivity contribution in [2.75, 3.05) is 12.5 Å². The molecule has 1 aromatic heterocycles. The summed E-state index contributed by atoms with van der Waals surface area (Å²) in [6, 6.07) is 15.6. The van der Waals surface area contributed by atoms with Gasteiger partial charge in [0.1, 0.15) is 6.61 Å². The molecule has 0 aliphatic carbocycles. The molecular weight excluding hydrogens is 420 g/mol. The monoisotopic (exact) mass is 440 g/mol. The molecule has 0 fully saturated rings. The molecule has 0 bridgehead atoms. The predicted molar refractivity (Wildman–Crippen MR) is 114 cm³/mol.